The highest BCUT2D eigenvalue weighted by Gasteiger charge is 2.60. The van der Waals surface area contributed by atoms with Gasteiger partial charge in [0, 0.05) is 5.92 Å². The molecule has 4 rings (SSSR count). The molecule has 4 fully saturated rings. The van der Waals surface area contributed by atoms with Gasteiger partial charge in [-0.3, -0.25) is 9.59 Å². The summed E-state index contributed by atoms with van der Waals surface area (Å²) >= 11 is 0. The molecule has 4 aliphatic carbocycles. The maximum atomic E-state index is 12.3. The highest BCUT2D eigenvalue weighted by atomic mass is 16.5. The molecule has 3 nitrogen and oxygen atoms in total. The maximum Gasteiger partial charge on any atom is 0.308 e. The lowest BCUT2D eigenvalue weighted by Gasteiger charge is -2.61. The molecule has 0 amide bonds. The number of carbonyl (C=O) groups excluding carboxylic acids is 2. The van der Waals surface area contributed by atoms with Crippen molar-refractivity contribution >= 4 is 11.8 Å². The number of hydrogen-bond acceptors (Lipinski definition) is 3. The van der Waals surface area contributed by atoms with E-state index >= 15 is 0 Å². The molecule has 8 atom stereocenters. The van der Waals surface area contributed by atoms with Crippen molar-refractivity contribution in [3.63, 3.8) is 0 Å². The molecular formula is C25H40O3. The number of ether oxygens (including phenoxy) is 1. The van der Waals surface area contributed by atoms with E-state index in [0.717, 1.165) is 37.0 Å². The molecule has 0 bridgehead atoms. The number of hydrogen-bond donors (Lipinski definition) is 0. The van der Waals surface area contributed by atoms with Crippen LogP contribution in [0.3, 0.4) is 0 Å². The Bertz CT molecular complexity index is 640. The van der Waals surface area contributed by atoms with Crippen molar-refractivity contribution in [2.24, 2.45) is 46.3 Å². The molecule has 0 aliphatic heterocycles. The van der Waals surface area contributed by atoms with Crippen LogP contribution in [0, 0.1) is 46.3 Å². The highest BCUT2D eigenvalue weighted by Crippen LogP contribution is 2.67. The van der Waals surface area contributed by atoms with E-state index < -0.39 is 0 Å². The van der Waals surface area contributed by atoms with Gasteiger partial charge in [0.2, 0.25) is 0 Å². The normalized spacial score (nSPS) is 47.8. The van der Waals surface area contributed by atoms with E-state index in [9.17, 15) is 9.59 Å². The van der Waals surface area contributed by atoms with Gasteiger partial charge in [0.1, 0.15) is 11.9 Å². The number of rotatable bonds is 3. The zero-order valence-corrected chi connectivity index (χ0v) is 18.6. The molecule has 0 saturated heterocycles. The zero-order chi connectivity index (χ0) is 20.3. The lowest BCUT2D eigenvalue weighted by atomic mass is 9.44. The number of carbonyl (C=O) groups is 2. The van der Waals surface area contributed by atoms with Crippen LogP contribution in [0.4, 0.5) is 0 Å². The van der Waals surface area contributed by atoms with E-state index in [0.29, 0.717) is 23.0 Å². The van der Waals surface area contributed by atoms with Gasteiger partial charge < -0.3 is 4.74 Å². The third-order valence-corrected chi connectivity index (χ3v) is 9.86. The largest absolute Gasteiger partial charge is 0.462 e. The molecule has 3 heteroatoms. The molecule has 0 N–H and O–H groups in total. The quantitative estimate of drug-likeness (QED) is 0.574. The first-order valence-corrected chi connectivity index (χ1v) is 11.9. The third-order valence-electron chi connectivity index (χ3n) is 9.86. The number of fused-ring (bicyclic) bond motifs is 5. The summed E-state index contributed by atoms with van der Waals surface area (Å²) in [6.45, 7) is 10.7. The second-order valence-corrected chi connectivity index (χ2v) is 11.4. The Morgan fingerprint density at radius 1 is 0.893 bits per heavy atom. The summed E-state index contributed by atoms with van der Waals surface area (Å²) in [4.78, 5) is 24.4. The van der Waals surface area contributed by atoms with Crippen molar-refractivity contribution in [3.8, 4) is 0 Å². The van der Waals surface area contributed by atoms with Crippen molar-refractivity contribution in [2.45, 2.75) is 98.5 Å². The molecule has 4 saturated carbocycles. The van der Waals surface area contributed by atoms with Crippen LogP contribution in [-0.4, -0.2) is 17.9 Å². The molecular weight excluding hydrogens is 348 g/mol. The Balaban J connectivity index is 1.49. The van der Waals surface area contributed by atoms with Crippen LogP contribution in [0.25, 0.3) is 0 Å². The molecule has 0 spiro atoms. The van der Waals surface area contributed by atoms with Crippen LogP contribution < -0.4 is 0 Å². The topological polar surface area (TPSA) is 43.4 Å². The Labute approximate surface area is 171 Å². The minimum atomic E-state index is -0.0309. The molecule has 1 unspecified atom stereocenters. The van der Waals surface area contributed by atoms with Gasteiger partial charge >= 0.3 is 5.97 Å². The summed E-state index contributed by atoms with van der Waals surface area (Å²) in [5, 5.41) is 0. The van der Waals surface area contributed by atoms with Crippen LogP contribution >= 0.6 is 0 Å². The highest BCUT2D eigenvalue weighted by molar-refractivity contribution is 5.79. The first-order chi connectivity index (χ1) is 13.2. The lowest BCUT2D eigenvalue weighted by molar-refractivity contribution is -0.166. The molecule has 0 heterocycles. The van der Waals surface area contributed by atoms with E-state index in [1.165, 1.54) is 38.5 Å². The lowest BCUT2D eigenvalue weighted by Crippen LogP contribution is -2.54. The van der Waals surface area contributed by atoms with E-state index in [2.05, 4.69) is 13.8 Å². The minimum absolute atomic E-state index is 0.0306. The maximum absolute atomic E-state index is 12.3. The number of ketones is 1. The fraction of sp³-hybridized carbons (Fsp3) is 0.920. The standard InChI is InChI=1S/C25H40O3/c1-15(2)23(27)28-18-10-12-24(4)17(14-18)6-7-19-21-9-8-20(16(3)26)25(21,5)13-11-22(19)24/h15,17-22H,6-14H2,1-5H3/t17-,18?,19-,20+,21-,22-,24-,25+/m0/s1. The second-order valence-electron chi connectivity index (χ2n) is 11.4. The van der Waals surface area contributed by atoms with Crippen LogP contribution in [0.2, 0.25) is 0 Å². The molecule has 4 aliphatic rings. The summed E-state index contributed by atoms with van der Waals surface area (Å²) in [5.41, 5.74) is 0.652. The van der Waals surface area contributed by atoms with Gasteiger partial charge in [-0.15, -0.1) is 0 Å². The van der Waals surface area contributed by atoms with Gasteiger partial charge in [-0.25, -0.2) is 0 Å². The smallest absolute Gasteiger partial charge is 0.308 e. The monoisotopic (exact) mass is 388 g/mol. The van der Waals surface area contributed by atoms with Gasteiger partial charge in [0.25, 0.3) is 0 Å². The fourth-order valence-corrected chi connectivity index (χ4v) is 8.29. The third kappa shape index (κ3) is 3.06. The van der Waals surface area contributed by atoms with Crippen molar-refractivity contribution in [2.75, 3.05) is 0 Å². The molecule has 0 radical (unpaired) electrons. The predicted octanol–water partition coefficient (Wildman–Crippen LogP) is 5.80. The Morgan fingerprint density at radius 2 is 1.57 bits per heavy atom. The van der Waals surface area contributed by atoms with Crippen LogP contribution in [-0.2, 0) is 14.3 Å². The Kier molecular flexibility index (Phi) is 5.20. The van der Waals surface area contributed by atoms with E-state index in [1.807, 2.05) is 20.8 Å². The van der Waals surface area contributed by atoms with Crippen molar-refractivity contribution in [3.05, 3.63) is 0 Å². The van der Waals surface area contributed by atoms with Gasteiger partial charge in [0.05, 0.1) is 5.92 Å². The van der Waals surface area contributed by atoms with Gasteiger partial charge in [0.15, 0.2) is 0 Å². The minimum Gasteiger partial charge on any atom is -0.462 e. The summed E-state index contributed by atoms with van der Waals surface area (Å²) in [7, 11) is 0. The van der Waals surface area contributed by atoms with E-state index in [1.54, 1.807) is 0 Å². The summed E-state index contributed by atoms with van der Waals surface area (Å²) < 4.78 is 5.83. The predicted molar refractivity (Wildman–Crippen MR) is 111 cm³/mol. The molecule has 0 aromatic carbocycles. The van der Waals surface area contributed by atoms with Gasteiger partial charge in [-0.1, -0.05) is 27.7 Å². The van der Waals surface area contributed by atoms with Gasteiger partial charge in [-0.05, 0) is 99.2 Å². The molecule has 158 valence electrons. The number of esters is 1. The first kappa shape index (κ1) is 20.4. The zero-order valence-electron chi connectivity index (χ0n) is 18.6. The summed E-state index contributed by atoms with van der Waals surface area (Å²) in [6.07, 6.45) is 10.9. The Hall–Kier alpha value is -0.860. The summed E-state index contributed by atoms with van der Waals surface area (Å²) in [5.74, 6) is 3.71. The average Bonchev–Trinajstić information content (AvgIpc) is 2.99. The SMILES string of the molecule is CC(=O)[C@H]1CC[C@H]2[C@@H]3CC[C@H]4CC(OC(=O)C(C)C)CC[C@]4(C)[C@H]3CC[C@]12C. The van der Waals surface area contributed by atoms with Crippen LogP contribution in [0.15, 0.2) is 0 Å². The number of Topliss-reactive ketones (excluding diaryl/α,β-unsaturated/α-hetero) is 1. The van der Waals surface area contributed by atoms with Crippen LogP contribution in [0.1, 0.15) is 92.4 Å². The van der Waals surface area contributed by atoms with E-state index in [-0.39, 0.29) is 23.4 Å². The molecule has 0 aromatic heterocycles. The second kappa shape index (κ2) is 7.13. The van der Waals surface area contributed by atoms with Crippen LogP contribution in [0.5, 0.6) is 0 Å². The molecule has 0 aromatic rings. The van der Waals surface area contributed by atoms with Crippen molar-refractivity contribution < 1.29 is 14.3 Å². The van der Waals surface area contributed by atoms with Crippen molar-refractivity contribution in [1.82, 2.24) is 0 Å². The van der Waals surface area contributed by atoms with Crippen molar-refractivity contribution in [1.29, 1.82) is 0 Å². The molecule has 28 heavy (non-hydrogen) atoms. The summed E-state index contributed by atoms with van der Waals surface area (Å²) in [6, 6.07) is 0. The first-order valence-electron chi connectivity index (χ1n) is 11.9. The van der Waals surface area contributed by atoms with E-state index in [4.69, 9.17) is 4.74 Å². The van der Waals surface area contributed by atoms with Gasteiger partial charge in [-0.2, -0.15) is 0 Å². The Morgan fingerprint density at radius 3 is 2.25 bits per heavy atom. The fourth-order valence-electron chi connectivity index (χ4n) is 8.29. The average molecular weight is 389 g/mol.